The van der Waals surface area contributed by atoms with Crippen LogP contribution in [0.5, 0.6) is 0 Å². The SMILES string of the molecule is O=C(NCCCc1ccccc1)N[C@H]1CCCC12CCOCC2. The molecule has 4 heteroatoms. The minimum absolute atomic E-state index is 0.00386. The van der Waals surface area contributed by atoms with E-state index in [1.54, 1.807) is 0 Å². The van der Waals surface area contributed by atoms with Crippen molar-refractivity contribution in [1.82, 2.24) is 10.6 Å². The summed E-state index contributed by atoms with van der Waals surface area (Å²) in [5.41, 5.74) is 1.62. The number of carbonyl (C=O) groups excluding carboxylic acids is 1. The highest BCUT2D eigenvalue weighted by molar-refractivity contribution is 5.74. The van der Waals surface area contributed by atoms with Gasteiger partial charge in [0, 0.05) is 25.8 Å². The van der Waals surface area contributed by atoms with Crippen LogP contribution in [0.1, 0.15) is 44.1 Å². The van der Waals surface area contributed by atoms with Gasteiger partial charge in [-0.2, -0.15) is 0 Å². The molecule has 1 saturated carbocycles. The molecule has 1 heterocycles. The zero-order chi connectivity index (χ0) is 16.0. The van der Waals surface area contributed by atoms with Gasteiger partial charge in [0.15, 0.2) is 0 Å². The molecule has 23 heavy (non-hydrogen) atoms. The second-order valence-corrected chi connectivity index (χ2v) is 6.91. The fourth-order valence-corrected chi connectivity index (χ4v) is 4.09. The number of urea groups is 1. The molecule has 1 saturated heterocycles. The van der Waals surface area contributed by atoms with Crippen molar-refractivity contribution < 1.29 is 9.53 Å². The zero-order valence-corrected chi connectivity index (χ0v) is 13.9. The normalized spacial score (nSPS) is 22.9. The molecule has 2 N–H and O–H groups in total. The first-order valence-electron chi connectivity index (χ1n) is 8.95. The smallest absolute Gasteiger partial charge is 0.315 e. The van der Waals surface area contributed by atoms with Crippen molar-refractivity contribution in [2.75, 3.05) is 19.8 Å². The molecule has 1 aromatic carbocycles. The van der Waals surface area contributed by atoms with Gasteiger partial charge in [0.25, 0.3) is 0 Å². The lowest BCUT2D eigenvalue weighted by Gasteiger charge is -2.39. The molecular formula is C19H28N2O2. The number of nitrogens with one attached hydrogen (secondary N) is 2. The summed E-state index contributed by atoms with van der Waals surface area (Å²) in [4.78, 5) is 12.2. The summed E-state index contributed by atoms with van der Waals surface area (Å²) in [6, 6.07) is 10.7. The summed E-state index contributed by atoms with van der Waals surface area (Å²) in [6.45, 7) is 2.41. The minimum Gasteiger partial charge on any atom is -0.381 e. The first-order valence-corrected chi connectivity index (χ1v) is 8.95. The van der Waals surface area contributed by atoms with Gasteiger partial charge < -0.3 is 15.4 Å². The van der Waals surface area contributed by atoms with Crippen LogP contribution in [0.15, 0.2) is 30.3 Å². The number of rotatable bonds is 5. The van der Waals surface area contributed by atoms with E-state index >= 15 is 0 Å². The van der Waals surface area contributed by atoms with E-state index in [4.69, 9.17) is 4.74 Å². The Morgan fingerprint density at radius 2 is 1.96 bits per heavy atom. The van der Waals surface area contributed by atoms with Crippen LogP contribution in [-0.2, 0) is 11.2 Å². The highest BCUT2D eigenvalue weighted by atomic mass is 16.5. The predicted octanol–water partition coefficient (Wildman–Crippen LogP) is 3.27. The maximum absolute atomic E-state index is 12.2. The number of hydrogen-bond acceptors (Lipinski definition) is 2. The van der Waals surface area contributed by atoms with Gasteiger partial charge in [-0.25, -0.2) is 4.79 Å². The maximum Gasteiger partial charge on any atom is 0.315 e. The molecule has 2 aliphatic rings. The Morgan fingerprint density at radius 3 is 2.74 bits per heavy atom. The van der Waals surface area contributed by atoms with Crippen LogP contribution < -0.4 is 10.6 Å². The van der Waals surface area contributed by atoms with E-state index in [1.807, 2.05) is 6.07 Å². The van der Waals surface area contributed by atoms with E-state index in [2.05, 4.69) is 34.9 Å². The van der Waals surface area contributed by atoms with Crippen LogP contribution in [0.3, 0.4) is 0 Å². The highest BCUT2D eigenvalue weighted by Crippen LogP contribution is 2.45. The molecule has 0 radical (unpaired) electrons. The summed E-state index contributed by atoms with van der Waals surface area (Å²) in [7, 11) is 0. The number of carbonyl (C=O) groups is 1. The number of hydrogen-bond donors (Lipinski definition) is 2. The molecule has 1 atom stereocenters. The van der Waals surface area contributed by atoms with Gasteiger partial charge in [0.1, 0.15) is 0 Å². The fraction of sp³-hybridized carbons (Fsp3) is 0.632. The number of benzene rings is 1. The first-order chi connectivity index (χ1) is 11.3. The summed E-state index contributed by atoms with van der Waals surface area (Å²) >= 11 is 0. The number of ether oxygens (including phenoxy) is 1. The van der Waals surface area contributed by atoms with Crippen LogP contribution in [-0.4, -0.2) is 31.8 Å². The Hall–Kier alpha value is -1.55. The van der Waals surface area contributed by atoms with Crippen molar-refractivity contribution in [1.29, 1.82) is 0 Å². The van der Waals surface area contributed by atoms with Gasteiger partial charge >= 0.3 is 6.03 Å². The number of amides is 2. The molecule has 3 rings (SSSR count). The fourth-order valence-electron chi connectivity index (χ4n) is 4.09. The molecule has 1 aromatic rings. The molecule has 126 valence electrons. The highest BCUT2D eigenvalue weighted by Gasteiger charge is 2.44. The van der Waals surface area contributed by atoms with Gasteiger partial charge in [-0.15, -0.1) is 0 Å². The van der Waals surface area contributed by atoms with Crippen molar-refractivity contribution >= 4 is 6.03 Å². The third-order valence-corrected chi connectivity index (χ3v) is 5.47. The van der Waals surface area contributed by atoms with Crippen LogP contribution in [0.2, 0.25) is 0 Å². The quantitative estimate of drug-likeness (QED) is 0.819. The monoisotopic (exact) mass is 316 g/mol. The van der Waals surface area contributed by atoms with Gasteiger partial charge in [0.05, 0.1) is 0 Å². The Balaban J connectivity index is 1.39. The molecule has 2 amide bonds. The summed E-state index contributed by atoms with van der Waals surface area (Å²) in [5, 5.41) is 6.25. The lowest BCUT2D eigenvalue weighted by Crippen LogP contribution is -2.50. The molecule has 0 unspecified atom stereocenters. The van der Waals surface area contributed by atoms with Crippen LogP contribution in [0.4, 0.5) is 4.79 Å². The molecule has 0 bridgehead atoms. The molecule has 2 fully saturated rings. The Labute approximate surface area is 139 Å². The molecular weight excluding hydrogens is 288 g/mol. The van der Waals surface area contributed by atoms with E-state index in [1.165, 1.54) is 18.4 Å². The molecule has 0 aromatic heterocycles. The van der Waals surface area contributed by atoms with Crippen LogP contribution in [0.25, 0.3) is 0 Å². The largest absolute Gasteiger partial charge is 0.381 e. The topological polar surface area (TPSA) is 50.4 Å². The van der Waals surface area contributed by atoms with Crippen LogP contribution in [0, 0.1) is 5.41 Å². The van der Waals surface area contributed by atoms with Gasteiger partial charge in [0.2, 0.25) is 0 Å². The average Bonchev–Trinajstić information content (AvgIpc) is 2.95. The predicted molar refractivity (Wildman–Crippen MR) is 91.4 cm³/mol. The van der Waals surface area contributed by atoms with Crippen LogP contribution >= 0.6 is 0 Å². The standard InChI is InChI=1S/C19H28N2O2/c22-18(20-13-5-8-16-6-2-1-3-7-16)21-17-9-4-10-19(17)11-14-23-15-12-19/h1-3,6-7,17H,4-5,8-15H2,(H2,20,21,22)/t17-/m0/s1. The van der Waals surface area contributed by atoms with E-state index in [0.717, 1.165) is 51.9 Å². The second kappa shape index (κ2) is 7.82. The van der Waals surface area contributed by atoms with Crippen molar-refractivity contribution in [2.45, 2.75) is 51.0 Å². The summed E-state index contributed by atoms with van der Waals surface area (Å²) in [6.07, 6.45) is 7.72. The second-order valence-electron chi connectivity index (χ2n) is 6.91. The Morgan fingerprint density at radius 1 is 1.17 bits per heavy atom. The third-order valence-electron chi connectivity index (χ3n) is 5.47. The van der Waals surface area contributed by atoms with Gasteiger partial charge in [-0.05, 0) is 49.5 Å². The van der Waals surface area contributed by atoms with Gasteiger partial charge in [-0.3, -0.25) is 0 Å². The lowest BCUT2D eigenvalue weighted by molar-refractivity contribution is 0.00624. The Kier molecular flexibility index (Phi) is 5.55. The average molecular weight is 316 g/mol. The Bertz CT molecular complexity index is 497. The summed E-state index contributed by atoms with van der Waals surface area (Å²) < 4.78 is 5.50. The maximum atomic E-state index is 12.2. The zero-order valence-electron chi connectivity index (χ0n) is 13.9. The molecule has 4 nitrogen and oxygen atoms in total. The van der Waals surface area contributed by atoms with Crippen molar-refractivity contribution in [3.63, 3.8) is 0 Å². The third kappa shape index (κ3) is 4.25. The van der Waals surface area contributed by atoms with Crippen molar-refractivity contribution in [3.05, 3.63) is 35.9 Å². The lowest BCUT2D eigenvalue weighted by atomic mass is 9.75. The van der Waals surface area contributed by atoms with Crippen molar-refractivity contribution in [2.24, 2.45) is 5.41 Å². The molecule has 1 aliphatic carbocycles. The van der Waals surface area contributed by atoms with E-state index in [-0.39, 0.29) is 6.03 Å². The number of aryl methyl sites for hydroxylation is 1. The first kappa shape index (κ1) is 16.3. The summed E-state index contributed by atoms with van der Waals surface area (Å²) in [5.74, 6) is 0. The van der Waals surface area contributed by atoms with E-state index < -0.39 is 0 Å². The molecule has 1 spiro atoms. The molecule has 1 aliphatic heterocycles. The van der Waals surface area contributed by atoms with Gasteiger partial charge in [-0.1, -0.05) is 36.8 Å². The minimum atomic E-state index is -0.00386. The van der Waals surface area contributed by atoms with Crippen molar-refractivity contribution in [3.8, 4) is 0 Å². The van der Waals surface area contributed by atoms with E-state index in [0.29, 0.717) is 11.5 Å². The van der Waals surface area contributed by atoms with E-state index in [9.17, 15) is 4.79 Å².